The van der Waals surface area contributed by atoms with Gasteiger partial charge in [0.1, 0.15) is 6.10 Å². The molecule has 2 aromatic rings. The highest BCUT2D eigenvalue weighted by Crippen LogP contribution is 2.67. The first-order chi connectivity index (χ1) is 24.5. The summed E-state index contributed by atoms with van der Waals surface area (Å²) in [6.07, 6.45) is 20.1. The van der Waals surface area contributed by atoms with Gasteiger partial charge in [-0.15, -0.1) is 0 Å². The summed E-state index contributed by atoms with van der Waals surface area (Å²) >= 11 is 0. The van der Waals surface area contributed by atoms with Crippen LogP contribution >= 0.6 is 0 Å². The molecule has 0 spiro atoms. The number of rotatable bonds is 13. The lowest BCUT2D eigenvalue weighted by Gasteiger charge is -2.58. The molecule has 0 N–H and O–H groups in total. The van der Waals surface area contributed by atoms with E-state index in [0.717, 1.165) is 78.9 Å². The molecule has 4 aliphatic rings. The van der Waals surface area contributed by atoms with Crippen LogP contribution in [0.2, 0.25) is 0 Å². The van der Waals surface area contributed by atoms with E-state index >= 15 is 0 Å². The second kappa shape index (κ2) is 16.2. The average molecular weight is 694 g/mol. The minimum atomic E-state index is -0.306. The topological polar surface area (TPSA) is 65.0 Å². The third-order valence-electron chi connectivity index (χ3n) is 13.9. The molecular formula is C46H63NO4. The highest BCUT2D eigenvalue weighted by molar-refractivity contribution is 5.91. The molecule has 0 radical (unpaired) electrons. The second-order valence-corrected chi connectivity index (χ2v) is 17.5. The van der Waals surface area contributed by atoms with Crippen LogP contribution in [-0.4, -0.2) is 30.9 Å². The molecule has 0 heterocycles. The van der Waals surface area contributed by atoms with Crippen LogP contribution in [0, 0.1) is 46.3 Å². The Hall–Kier alpha value is -3.21. The van der Waals surface area contributed by atoms with E-state index in [0.29, 0.717) is 23.1 Å². The Balaban J connectivity index is 1.02. The summed E-state index contributed by atoms with van der Waals surface area (Å²) in [6, 6.07) is 14.6. The number of unbranched alkanes of at least 4 members (excludes halogenated alkanes) is 1. The van der Waals surface area contributed by atoms with Crippen molar-refractivity contribution in [1.29, 1.82) is 0 Å². The summed E-state index contributed by atoms with van der Waals surface area (Å²) in [5.74, 6) is 4.43. The second-order valence-electron chi connectivity index (χ2n) is 17.5. The van der Waals surface area contributed by atoms with Gasteiger partial charge in [-0.1, -0.05) is 91.0 Å². The number of ether oxygens (including phenoxy) is 2. The summed E-state index contributed by atoms with van der Waals surface area (Å²) < 4.78 is 11.4. The van der Waals surface area contributed by atoms with Crippen LogP contribution in [0.15, 0.2) is 65.2 Å². The number of fused-ring (bicyclic) bond motifs is 5. The van der Waals surface area contributed by atoms with Crippen LogP contribution in [0.4, 0.5) is 5.69 Å². The minimum Gasteiger partial charge on any atom is -0.462 e. The summed E-state index contributed by atoms with van der Waals surface area (Å²) in [5.41, 5.74) is 5.04. The number of hydrogen-bond donors (Lipinski definition) is 0. The monoisotopic (exact) mass is 693 g/mol. The van der Waals surface area contributed by atoms with Crippen LogP contribution in [-0.2, 0) is 9.47 Å². The number of nitrogens with zero attached hydrogens (tertiary/aromatic N) is 1. The van der Waals surface area contributed by atoms with E-state index in [1.807, 2.05) is 36.4 Å². The lowest BCUT2D eigenvalue weighted by atomic mass is 9.47. The van der Waals surface area contributed by atoms with Crippen LogP contribution in [0.5, 0.6) is 0 Å². The van der Waals surface area contributed by atoms with Crippen LogP contribution in [0.25, 0.3) is 0 Å². The number of carbonyl (C=O) groups excluding carboxylic acids is 2. The average Bonchev–Trinajstić information content (AvgIpc) is 3.48. The summed E-state index contributed by atoms with van der Waals surface area (Å²) in [4.78, 5) is 30.0. The van der Waals surface area contributed by atoms with E-state index in [9.17, 15) is 9.59 Å². The molecule has 276 valence electrons. The van der Waals surface area contributed by atoms with Crippen molar-refractivity contribution in [3.05, 3.63) is 76.9 Å². The Morgan fingerprint density at radius 3 is 2.31 bits per heavy atom. The number of aliphatic imine (C=N–C) groups is 1. The minimum absolute atomic E-state index is 0.0575. The van der Waals surface area contributed by atoms with Gasteiger partial charge in [0.05, 0.1) is 23.4 Å². The molecule has 8 atom stereocenters. The first kappa shape index (κ1) is 37.5. The molecule has 0 aliphatic heterocycles. The quantitative estimate of drug-likeness (QED) is 0.0906. The van der Waals surface area contributed by atoms with Gasteiger partial charge in [0.2, 0.25) is 0 Å². The Morgan fingerprint density at radius 1 is 0.863 bits per heavy atom. The predicted octanol–water partition coefficient (Wildman–Crippen LogP) is 12.0. The van der Waals surface area contributed by atoms with Crippen LogP contribution in [0.3, 0.4) is 0 Å². The van der Waals surface area contributed by atoms with E-state index in [4.69, 9.17) is 9.47 Å². The Morgan fingerprint density at radius 2 is 1.59 bits per heavy atom. The summed E-state index contributed by atoms with van der Waals surface area (Å²) in [7, 11) is 0. The van der Waals surface area contributed by atoms with E-state index in [1.165, 1.54) is 51.4 Å². The van der Waals surface area contributed by atoms with Gasteiger partial charge in [0.15, 0.2) is 0 Å². The van der Waals surface area contributed by atoms with Gasteiger partial charge in [-0.3, -0.25) is 4.99 Å². The lowest BCUT2D eigenvalue weighted by molar-refractivity contribution is -0.0594. The van der Waals surface area contributed by atoms with E-state index in [2.05, 4.69) is 52.6 Å². The smallest absolute Gasteiger partial charge is 0.338 e. The number of allylic oxidation sites excluding steroid dienone is 1. The number of hydrogen-bond acceptors (Lipinski definition) is 5. The molecule has 0 saturated heterocycles. The highest BCUT2D eigenvalue weighted by Gasteiger charge is 2.59. The maximum absolute atomic E-state index is 13.3. The molecular weight excluding hydrogens is 631 g/mol. The van der Waals surface area contributed by atoms with Gasteiger partial charge in [-0.05, 0) is 140 Å². The van der Waals surface area contributed by atoms with E-state index in [1.54, 1.807) is 23.9 Å². The van der Waals surface area contributed by atoms with Crippen molar-refractivity contribution in [2.45, 2.75) is 131 Å². The zero-order valence-electron chi connectivity index (χ0n) is 32.3. The number of esters is 2. The van der Waals surface area contributed by atoms with Crippen molar-refractivity contribution >= 4 is 23.8 Å². The molecule has 0 bridgehead atoms. The molecule has 4 aliphatic carbocycles. The summed E-state index contributed by atoms with van der Waals surface area (Å²) in [5, 5.41) is 0. The molecule has 3 fully saturated rings. The standard InChI is InChI=1S/C46H63NO4/c1-7-8-28-50-43(48)34-16-19-37(20-17-34)47-30-33-12-14-35(15-13-33)44(49)51-38-24-26-45(5)36(29-38)18-21-39-41-23-22-40(32(4)11-9-10-31(2)3)46(41,6)27-25-42(39)45/h12-20,30-32,38-42H,7-11,21-29H2,1-6H3/t32-,38?,39+,40-,41+,42+,45+,46-/m1/s1. The van der Waals surface area contributed by atoms with Gasteiger partial charge in [0.25, 0.3) is 0 Å². The van der Waals surface area contributed by atoms with Crippen molar-refractivity contribution in [3.63, 3.8) is 0 Å². The fourth-order valence-electron chi connectivity index (χ4n) is 10.9. The fraction of sp³-hybridized carbons (Fsp3) is 0.630. The van der Waals surface area contributed by atoms with Crippen molar-refractivity contribution < 1.29 is 19.1 Å². The van der Waals surface area contributed by atoms with Gasteiger partial charge in [-0.25, -0.2) is 9.59 Å². The molecule has 5 heteroatoms. The first-order valence-corrected chi connectivity index (χ1v) is 20.3. The maximum atomic E-state index is 13.3. The molecule has 5 nitrogen and oxygen atoms in total. The Labute approximate surface area is 308 Å². The molecule has 6 rings (SSSR count). The number of carbonyl (C=O) groups is 2. The van der Waals surface area contributed by atoms with Crippen LogP contribution in [0.1, 0.15) is 151 Å². The van der Waals surface area contributed by atoms with Crippen molar-refractivity contribution in [1.82, 2.24) is 0 Å². The zero-order valence-corrected chi connectivity index (χ0v) is 32.3. The van der Waals surface area contributed by atoms with Gasteiger partial charge in [-0.2, -0.15) is 0 Å². The Bertz CT molecular complexity index is 1560. The lowest BCUT2D eigenvalue weighted by Crippen LogP contribution is -2.51. The van der Waals surface area contributed by atoms with Crippen molar-refractivity contribution in [2.24, 2.45) is 51.3 Å². The first-order valence-electron chi connectivity index (χ1n) is 20.3. The van der Waals surface area contributed by atoms with Gasteiger partial charge >= 0.3 is 11.9 Å². The van der Waals surface area contributed by atoms with Crippen molar-refractivity contribution in [3.8, 4) is 0 Å². The maximum Gasteiger partial charge on any atom is 0.338 e. The zero-order chi connectivity index (χ0) is 36.2. The molecule has 0 amide bonds. The SMILES string of the molecule is CCCCOC(=O)c1ccc(N=Cc2ccc(C(=O)OC3CC[C@@]4(C)C(=CC[C@H]5[C@@H]6CC[C@H]([C@H](C)CCCC(C)C)[C@@]6(C)CC[C@@H]54)C3)cc2)cc1. The van der Waals surface area contributed by atoms with E-state index in [-0.39, 0.29) is 23.5 Å². The Kier molecular flexibility index (Phi) is 11.9. The number of benzene rings is 2. The largest absolute Gasteiger partial charge is 0.462 e. The third kappa shape index (κ3) is 8.23. The van der Waals surface area contributed by atoms with Crippen LogP contribution < -0.4 is 0 Å². The van der Waals surface area contributed by atoms with Gasteiger partial charge in [0, 0.05) is 12.6 Å². The predicted molar refractivity (Wildman–Crippen MR) is 208 cm³/mol. The normalized spacial score (nSPS) is 30.6. The molecule has 3 saturated carbocycles. The third-order valence-corrected chi connectivity index (χ3v) is 13.9. The highest BCUT2D eigenvalue weighted by atomic mass is 16.5. The van der Waals surface area contributed by atoms with E-state index < -0.39 is 0 Å². The molecule has 1 unspecified atom stereocenters. The molecule has 0 aromatic heterocycles. The summed E-state index contributed by atoms with van der Waals surface area (Å²) in [6.45, 7) is 15.0. The van der Waals surface area contributed by atoms with Crippen molar-refractivity contribution in [2.75, 3.05) is 6.61 Å². The fourth-order valence-corrected chi connectivity index (χ4v) is 10.9. The molecule has 51 heavy (non-hydrogen) atoms. The molecule has 2 aromatic carbocycles. The van der Waals surface area contributed by atoms with Gasteiger partial charge < -0.3 is 9.47 Å².